The fraction of sp³-hybridized carbons (Fsp3) is 1.00. The van der Waals surface area contributed by atoms with Gasteiger partial charge in [-0.1, -0.05) is 0 Å². The van der Waals surface area contributed by atoms with Gasteiger partial charge in [0.2, 0.25) is 19.1 Å². The van der Waals surface area contributed by atoms with Gasteiger partial charge in [0.15, 0.2) is 0 Å². The number of hydrogen-bond donors (Lipinski definition) is 1. The smallest absolute Gasteiger partial charge is 0.232 e. The minimum atomic E-state index is -3.31. The van der Waals surface area contributed by atoms with E-state index < -0.39 is 19.1 Å². The van der Waals surface area contributed by atoms with Crippen LogP contribution in [0.15, 0.2) is 0 Å². The molecule has 9 nitrogen and oxygen atoms in total. The summed E-state index contributed by atoms with van der Waals surface area (Å²) >= 11 is 0. The summed E-state index contributed by atoms with van der Waals surface area (Å²) in [5.74, 6) is 0.135. The maximum atomic E-state index is 10.6. The first kappa shape index (κ1) is 24.0. The number of hydrogen-bond acceptors (Lipinski definition) is 8. The Bertz CT molecular complexity index is 523. The summed E-state index contributed by atoms with van der Waals surface area (Å²) in [6, 6.07) is 0. The Morgan fingerprint density at radius 2 is 1.15 bits per heavy atom. The number of nitrogens with zero attached hydrogens (tertiary/aromatic N) is 2. The molecule has 12 heteroatoms. The van der Waals surface area contributed by atoms with Crippen LogP contribution in [0.4, 0.5) is 0 Å². The van der Waals surface area contributed by atoms with Gasteiger partial charge in [-0.25, -0.2) is 22.0 Å². The van der Waals surface area contributed by atoms with Crippen molar-refractivity contribution < 1.29 is 26.3 Å². The number of morpholine rings is 2. The van der Waals surface area contributed by atoms with E-state index in [2.05, 4.69) is 9.80 Å². The molecule has 2 rings (SSSR count). The number of ether oxygens (including phenoxy) is 2. The zero-order valence-electron chi connectivity index (χ0n) is 15.0. The van der Waals surface area contributed by atoms with Gasteiger partial charge in [0.25, 0.3) is 0 Å². The lowest BCUT2D eigenvalue weighted by molar-refractivity contribution is 0.0380. The fourth-order valence-corrected chi connectivity index (χ4v) is 3.93. The van der Waals surface area contributed by atoms with Gasteiger partial charge >= 0.3 is 0 Å². The van der Waals surface area contributed by atoms with Crippen molar-refractivity contribution in [3.63, 3.8) is 0 Å². The van der Waals surface area contributed by atoms with Crippen molar-refractivity contribution in [1.82, 2.24) is 9.80 Å². The van der Waals surface area contributed by atoms with Crippen LogP contribution < -0.4 is 5.14 Å². The van der Waals surface area contributed by atoms with Crippen molar-refractivity contribution in [1.29, 1.82) is 0 Å². The van der Waals surface area contributed by atoms with Gasteiger partial charge < -0.3 is 9.47 Å². The molecule has 2 N–H and O–H groups in total. The number of primary sulfonamides is 1. The van der Waals surface area contributed by atoms with Crippen molar-refractivity contribution >= 4 is 29.8 Å². The lowest BCUT2D eigenvalue weighted by Gasteiger charge is -2.26. The molecule has 0 aromatic rings. The molecule has 0 aromatic carbocycles. The third-order valence-electron chi connectivity index (χ3n) is 3.97. The van der Waals surface area contributed by atoms with Crippen LogP contribution in [0.3, 0.4) is 0 Å². The number of nitrogens with two attached hydrogens (primary N) is 1. The normalized spacial score (nSPS) is 20.4. The van der Waals surface area contributed by atoms with Gasteiger partial charge in [-0.2, -0.15) is 0 Å². The SMILES string of the molecule is NS(=O)(=O)CCCN1CCOCC1.O=S(=O)(Cl)CCCN1CCOCC1. The summed E-state index contributed by atoms with van der Waals surface area (Å²) in [4.78, 5) is 4.38. The van der Waals surface area contributed by atoms with E-state index in [-0.39, 0.29) is 11.5 Å². The first-order chi connectivity index (χ1) is 12.2. The molecule has 0 spiro atoms. The second-order valence-electron chi connectivity index (χ2n) is 6.23. The highest BCUT2D eigenvalue weighted by Crippen LogP contribution is 2.02. The summed E-state index contributed by atoms with van der Waals surface area (Å²) in [6.07, 6.45) is 1.21. The molecule has 0 aliphatic carbocycles. The molecule has 0 amide bonds. The molecule has 0 atom stereocenters. The quantitative estimate of drug-likeness (QED) is 0.496. The largest absolute Gasteiger partial charge is 0.379 e. The van der Waals surface area contributed by atoms with Gasteiger partial charge in [0.05, 0.1) is 37.9 Å². The first-order valence-electron chi connectivity index (χ1n) is 8.69. The van der Waals surface area contributed by atoms with Crippen molar-refractivity contribution in [2.75, 3.05) is 77.2 Å². The van der Waals surface area contributed by atoms with Crippen molar-refractivity contribution in [3.8, 4) is 0 Å². The van der Waals surface area contributed by atoms with Crippen LogP contribution in [0.25, 0.3) is 0 Å². The van der Waals surface area contributed by atoms with Gasteiger partial charge in [0.1, 0.15) is 0 Å². The monoisotopic (exact) mass is 435 g/mol. The molecule has 26 heavy (non-hydrogen) atoms. The van der Waals surface area contributed by atoms with Gasteiger partial charge in [0, 0.05) is 36.9 Å². The predicted molar refractivity (Wildman–Crippen MR) is 101 cm³/mol. The van der Waals surface area contributed by atoms with Gasteiger partial charge in [-0.3, -0.25) is 9.80 Å². The summed E-state index contributed by atoms with van der Waals surface area (Å²) in [5.41, 5.74) is 0. The Balaban J connectivity index is 0.000000260. The number of halogens is 1. The van der Waals surface area contributed by atoms with Crippen LogP contribution >= 0.6 is 10.7 Å². The third kappa shape index (κ3) is 14.1. The van der Waals surface area contributed by atoms with Crippen LogP contribution in [-0.2, 0) is 28.5 Å². The topological polar surface area (TPSA) is 119 Å². The first-order valence-corrected chi connectivity index (χ1v) is 12.9. The maximum absolute atomic E-state index is 10.6. The maximum Gasteiger partial charge on any atom is 0.232 e. The average molecular weight is 436 g/mol. The van der Waals surface area contributed by atoms with E-state index in [1.54, 1.807) is 0 Å². The molecule has 2 aliphatic heterocycles. The van der Waals surface area contributed by atoms with Crippen LogP contribution in [0.1, 0.15) is 12.8 Å². The molecule has 0 aromatic heterocycles. The molecule has 0 bridgehead atoms. The van der Waals surface area contributed by atoms with Crippen molar-refractivity contribution in [2.24, 2.45) is 5.14 Å². The van der Waals surface area contributed by atoms with E-state index in [1.807, 2.05) is 0 Å². The summed E-state index contributed by atoms with van der Waals surface area (Å²) in [6.45, 7) is 8.13. The Kier molecular flexibility index (Phi) is 11.5. The van der Waals surface area contributed by atoms with Crippen molar-refractivity contribution in [3.05, 3.63) is 0 Å². The van der Waals surface area contributed by atoms with E-state index in [0.29, 0.717) is 12.8 Å². The Morgan fingerprint density at radius 1 is 0.769 bits per heavy atom. The minimum absolute atomic E-state index is 0.0614. The highest BCUT2D eigenvalue weighted by molar-refractivity contribution is 8.13. The van der Waals surface area contributed by atoms with Crippen LogP contribution in [0.2, 0.25) is 0 Å². The Morgan fingerprint density at radius 3 is 1.50 bits per heavy atom. The molecule has 2 heterocycles. The minimum Gasteiger partial charge on any atom is -0.379 e. The lowest BCUT2D eigenvalue weighted by atomic mass is 10.4. The van der Waals surface area contributed by atoms with E-state index in [0.717, 1.165) is 65.7 Å². The van der Waals surface area contributed by atoms with Crippen LogP contribution in [0.5, 0.6) is 0 Å². The number of sulfonamides is 1. The Hall–Kier alpha value is -0.0100. The summed E-state index contributed by atoms with van der Waals surface area (Å²) in [5, 5.41) is 4.88. The van der Waals surface area contributed by atoms with Crippen LogP contribution in [0, 0.1) is 0 Å². The molecule has 2 saturated heterocycles. The standard InChI is InChI=1S/C7H14ClNO3S.C7H16N2O3S/c2*8-13(10,11)7-1-2-9-3-5-12-6-4-9/h1-7H2;1-7H2,(H2,8,10,11). The average Bonchev–Trinajstić information content (AvgIpc) is 2.55. The molecule has 0 unspecified atom stereocenters. The third-order valence-corrected chi connectivity index (χ3v) is 6.07. The lowest BCUT2D eigenvalue weighted by Crippen LogP contribution is -2.37. The van der Waals surface area contributed by atoms with Crippen molar-refractivity contribution in [2.45, 2.75) is 12.8 Å². The fourth-order valence-electron chi connectivity index (χ4n) is 2.60. The molecule has 0 radical (unpaired) electrons. The van der Waals surface area contributed by atoms with Crippen LogP contribution in [-0.4, -0.2) is 104 Å². The van der Waals surface area contributed by atoms with E-state index >= 15 is 0 Å². The number of rotatable bonds is 8. The molecule has 2 aliphatic rings. The van der Waals surface area contributed by atoms with E-state index in [1.165, 1.54) is 0 Å². The summed E-state index contributed by atoms with van der Waals surface area (Å²) in [7, 11) is -1.51. The summed E-state index contributed by atoms with van der Waals surface area (Å²) < 4.78 is 52.7. The van der Waals surface area contributed by atoms with E-state index in [4.69, 9.17) is 25.3 Å². The zero-order chi connectivity index (χ0) is 19.5. The molecule has 0 saturated carbocycles. The molecular formula is C14H30ClN3O6S2. The molecular weight excluding hydrogens is 406 g/mol. The second kappa shape index (κ2) is 12.4. The molecule has 2 fully saturated rings. The van der Waals surface area contributed by atoms with Gasteiger partial charge in [-0.15, -0.1) is 0 Å². The highest BCUT2D eigenvalue weighted by atomic mass is 35.7. The highest BCUT2D eigenvalue weighted by Gasteiger charge is 2.12. The predicted octanol–water partition coefficient (Wildman–Crippen LogP) is -0.725. The second-order valence-corrected chi connectivity index (χ2v) is 10.9. The zero-order valence-corrected chi connectivity index (χ0v) is 17.4. The Labute approximate surface area is 161 Å². The van der Waals surface area contributed by atoms with Gasteiger partial charge in [-0.05, 0) is 25.9 Å². The van der Waals surface area contributed by atoms with E-state index in [9.17, 15) is 16.8 Å². The molecule has 156 valence electrons.